The minimum Gasteiger partial charge on any atom is -0.439 e. The van der Waals surface area contributed by atoms with E-state index >= 15 is 0 Å². The predicted octanol–water partition coefficient (Wildman–Crippen LogP) is 4.36. The molecular weight excluding hydrogens is 288 g/mol. The molecule has 0 saturated carbocycles. The number of aryl methyl sites for hydroxylation is 1. The van der Waals surface area contributed by atoms with E-state index in [4.69, 9.17) is 4.74 Å². The van der Waals surface area contributed by atoms with Crippen LogP contribution in [0.3, 0.4) is 0 Å². The van der Waals surface area contributed by atoms with Crippen molar-refractivity contribution in [2.75, 3.05) is 7.05 Å². The molecule has 0 saturated heterocycles. The molecule has 0 aliphatic heterocycles. The summed E-state index contributed by atoms with van der Waals surface area (Å²) in [6.45, 7) is 2.22. The van der Waals surface area contributed by atoms with Gasteiger partial charge in [-0.05, 0) is 36.6 Å². The zero-order valence-corrected chi connectivity index (χ0v) is 13.8. The number of carbonyl (C=O) groups excluding carboxylic acids is 1. The maximum absolute atomic E-state index is 11.5. The van der Waals surface area contributed by atoms with Gasteiger partial charge in [-0.3, -0.25) is 4.79 Å². The van der Waals surface area contributed by atoms with E-state index in [0.717, 1.165) is 12.2 Å². The van der Waals surface area contributed by atoms with Gasteiger partial charge in [-0.2, -0.15) is 0 Å². The zero-order chi connectivity index (χ0) is 16.5. The van der Waals surface area contributed by atoms with Crippen LogP contribution in [0.25, 0.3) is 0 Å². The first-order valence-corrected chi connectivity index (χ1v) is 8.18. The Morgan fingerprint density at radius 2 is 1.87 bits per heavy atom. The Morgan fingerprint density at radius 3 is 2.48 bits per heavy atom. The molecule has 0 bridgehead atoms. The number of benzene rings is 1. The predicted molar refractivity (Wildman–Crippen MR) is 92.0 cm³/mol. The van der Waals surface area contributed by atoms with Gasteiger partial charge in [0.15, 0.2) is 0 Å². The van der Waals surface area contributed by atoms with Gasteiger partial charge in [-0.1, -0.05) is 38.3 Å². The second-order valence-electron chi connectivity index (χ2n) is 5.52. The van der Waals surface area contributed by atoms with E-state index in [1.807, 2.05) is 12.1 Å². The van der Waals surface area contributed by atoms with Crippen molar-refractivity contribution in [3.05, 3.63) is 53.7 Å². The largest absolute Gasteiger partial charge is 0.439 e. The molecule has 1 aromatic heterocycles. The van der Waals surface area contributed by atoms with Gasteiger partial charge >= 0.3 is 0 Å². The molecule has 0 unspecified atom stereocenters. The van der Waals surface area contributed by atoms with E-state index in [1.165, 1.54) is 37.4 Å². The lowest BCUT2D eigenvalue weighted by Gasteiger charge is -2.07. The van der Waals surface area contributed by atoms with E-state index in [1.54, 1.807) is 19.2 Å². The highest BCUT2D eigenvalue weighted by molar-refractivity contribution is 5.93. The van der Waals surface area contributed by atoms with Gasteiger partial charge in [-0.25, -0.2) is 4.98 Å². The molecule has 23 heavy (non-hydrogen) atoms. The van der Waals surface area contributed by atoms with Crippen molar-refractivity contribution in [2.45, 2.75) is 39.0 Å². The average Bonchev–Trinajstić information content (AvgIpc) is 2.60. The second kappa shape index (κ2) is 8.93. The SMILES string of the molecule is CCCCCCc1ccc(Oc2ccc(C(=O)NC)cn2)cc1. The number of hydrogen-bond donors (Lipinski definition) is 1. The lowest BCUT2D eigenvalue weighted by atomic mass is 10.1. The van der Waals surface area contributed by atoms with Gasteiger partial charge in [0.1, 0.15) is 5.75 Å². The van der Waals surface area contributed by atoms with Crippen molar-refractivity contribution >= 4 is 5.91 Å². The van der Waals surface area contributed by atoms with E-state index in [2.05, 4.69) is 29.4 Å². The summed E-state index contributed by atoms with van der Waals surface area (Å²) in [7, 11) is 1.59. The lowest BCUT2D eigenvalue weighted by Crippen LogP contribution is -2.17. The van der Waals surface area contributed by atoms with Crippen molar-refractivity contribution in [3.8, 4) is 11.6 Å². The van der Waals surface area contributed by atoms with Gasteiger partial charge in [0.25, 0.3) is 5.91 Å². The number of rotatable bonds is 8. The van der Waals surface area contributed by atoms with Gasteiger partial charge in [0.2, 0.25) is 5.88 Å². The fourth-order valence-electron chi connectivity index (χ4n) is 2.32. The molecule has 122 valence electrons. The Kier molecular flexibility index (Phi) is 6.60. The molecule has 1 amide bonds. The average molecular weight is 312 g/mol. The summed E-state index contributed by atoms with van der Waals surface area (Å²) in [6.07, 6.45) is 7.71. The topological polar surface area (TPSA) is 51.2 Å². The van der Waals surface area contributed by atoms with Gasteiger partial charge in [0.05, 0.1) is 5.56 Å². The molecule has 1 heterocycles. The lowest BCUT2D eigenvalue weighted by molar-refractivity contribution is 0.0962. The van der Waals surface area contributed by atoms with E-state index in [0.29, 0.717) is 11.4 Å². The summed E-state index contributed by atoms with van der Waals surface area (Å²) in [5.41, 5.74) is 1.85. The summed E-state index contributed by atoms with van der Waals surface area (Å²) >= 11 is 0. The number of pyridine rings is 1. The van der Waals surface area contributed by atoms with Crippen LogP contribution in [0.15, 0.2) is 42.6 Å². The van der Waals surface area contributed by atoms with Crippen molar-refractivity contribution in [1.29, 1.82) is 0 Å². The first-order valence-electron chi connectivity index (χ1n) is 8.18. The zero-order valence-electron chi connectivity index (χ0n) is 13.8. The van der Waals surface area contributed by atoms with Crippen LogP contribution in [0.4, 0.5) is 0 Å². The van der Waals surface area contributed by atoms with Crippen LogP contribution in [-0.2, 0) is 6.42 Å². The minimum atomic E-state index is -0.156. The maximum atomic E-state index is 11.5. The number of amides is 1. The summed E-state index contributed by atoms with van der Waals surface area (Å²) in [5.74, 6) is 1.08. The van der Waals surface area contributed by atoms with Crippen molar-refractivity contribution in [1.82, 2.24) is 10.3 Å². The highest BCUT2D eigenvalue weighted by atomic mass is 16.5. The highest BCUT2D eigenvalue weighted by Crippen LogP contribution is 2.20. The summed E-state index contributed by atoms with van der Waals surface area (Å²) < 4.78 is 5.70. The summed E-state index contributed by atoms with van der Waals surface area (Å²) in [6, 6.07) is 11.5. The Hall–Kier alpha value is -2.36. The Morgan fingerprint density at radius 1 is 1.09 bits per heavy atom. The molecule has 0 radical (unpaired) electrons. The van der Waals surface area contributed by atoms with Crippen LogP contribution in [0.1, 0.15) is 48.5 Å². The molecule has 2 aromatic rings. The number of hydrogen-bond acceptors (Lipinski definition) is 3. The molecule has 0 spiro atoms. The number of unbranched alkanes of at least 4 members (excludes halogenated alkanes) is 3. The number of nitrogens with zero attached hydrogens (tertiary/aromatic N) is 1. The fraction of sp³-hybridized carbons (Fsp3) is 0.368. The third kappa shape index (κ3) is 5.40. The maximum Gasteiger partial charge on any atom is 0.252 e. The number of carbonyl (C=O) groups is 1. The Labute approximate surface area is 137 Å². The molecular formula is C19H24N2O2. The molecule has 0 aliphatic rings. The first-order chi connectivity index (χ1) is 11.2. The van der Waals surface area contributed by atoms with Gasteiger partial charge in [-0.15, -0.1) is 0 Å². The normalized spacial score (nSPS) is 10.3. The molecule has 1 aromatic carbocycles. The van der Waals surface area contributed by atoms with Gasteiger partial charge < -0.3 is 10.1 Å². The van der Waals surface area contributed by atoms with Crippen molar-refractivity contribution in [3.63, 3.8) is 0 Å². The smallest absolute Gasteiger partial charge is 0.252 e. The third-order valence-electron chi connectivity index (χ3n) is 3.69. The third-order valence-corrected chi connectivity index (χ3v) is 3.69. The number of ether oxygens (including phenoxy) is 1. The van der Waals surface area contributed by atoms with E-state index in [-0.39, 0.29) is 5.91 Å². The van der Waals surface area contributed by atoms with Crippen LogP contribution < -0.4 is 10.1 Å². The number of nitrogens with one attached hydrogen (secondary N) is 1. The molecule has 1 N–H and O–H groups in total. The monoisotopic (exact) mass is 312 g/mol. The quantitative estimate of drug-likeness (QED) is 0.737. The highest BCUT2D eigenvalue weighted by Gasteiger charge is 2.04. The van der Waals surface area contributed by atoms with Crippen LogP contribution in [0, 0.1) is 0 Å². The molecule has 0 fully saturated rings. The number of aromatic nitrogens is 1. The van der Waals surface area contributed by atoms with E-state index in [9.17, 15) is 4.79 Å². The second-order valence-corrected chi connectivity index (χ2v) is 5.52. The van der Waals surface area contributed by atoms with E-state index < -0.39 is 0 Å². The Balaban J connectivity index is 1.89. The van der Waals surface area contributed by atoms with Crippen LogP contribution in [0.2, 0.25) is 0 Å². The molecule has 0 atom stereocenters. The molecule has 4 heteroatoms. The standard InChI is InChI=1S/C19H24N2O2/c1-3-4-5-6-7-15-8-11-17(12-9-15)23-18-13-10-16(14-21-18)19(22)20-2/h8-14H,3-7H2,1-2H3,(H,20,22). The van der Waals surface area contributed by atoms with Gasteiger partial charge in [0, 0.05) is 19.3 Å². The van der Waals surface area contributed by atoms with Crippen LogP contribution in [0.5, 0.6) is 11.6 Å². The Bertz CT molecular complexity index is 606. The molecule has 2 rings (SSSR count). The van der Waals surface area contributed by atoms with Crippen molar-refractivity contribution < 1.29 is 9.53 Å². The van der Waals surface area contributed by atoms with Crippen LogP contribution >= 0.6 is 0 Å². The molecule has 4 nitrogen and oxygen atoms in total. The molecule has 0 aliphatic carbocycles. The van der Waals surface area contributed by atoms with Crippen molar-refractivity contribution in [2.24, 2.45) is 0 Å². The fourth-order valence-corrected chi connectivity index (χ4v) is 2.32. The minimum absolute atomic E-state index is 0.156. The first kappa shape index (κ1) is 17.0. The van der Waals surface area contributed by atoms with Crippen LogP contribution in [-0.4, -0.2) is 17.9 Å². The summed E-state index contributed by atoms with van der Waals surface area (Å²) in [5, 5.41) is 2.56. The summed E-state index contributed by atoms with van der Waals surface area (Å²) in [4.78, 5) is 15.6.